The third-order valence-electron chi connectivity index (χ3n) is 6.41. The Balaban J connectivity index is 1.73. The Bertz CT molecular complexity index is 993. The molecule has 1 heterocycles. The quantitative estimate of drug-likeness (QED) is 0.501. The Hall–Kier alpha value is -2.91. The molecule has 1 saturated heterocycles. The highest BCUT2D eigenvalue weighted by Gasteiger charge is 2.35. The van der Waals surface area contributed by atoms with Gasteiger partial charge in [-0.15, -0.1) is 0 Å². The fourth-order valence-corrected chi connectivity index (χ4v) is 4.66. The third-order valence-corrected chi connectivity index (χ3v) is 6.41. The summed E-state index contributed by atoms with van der Waals surface area (Å²) in [5.74, 6) is -0.246. The second-order valence-corrected chi connectivity index (χ2v) is 8.80. The predicted molar refractivity (Wildman–Crippen MR) is 126 cm³/mol. The summed E-state index contributed by atoms with van der Waals surface area (Å²) in [5.41, 5.74) is 5.96. The Morgan fingerprint density at radius 2 is 1.35 bits per heavy atom. The summed E-state index contributed by atoms with van der Waals surface area (Å²) in [4.78, 5) is 14.3. The minimum Gasteiger partial charge on any atom is -0.480 e. The number of nitrogens with zero attached hydrogens (tertiary/aromatic N) is 1. The van der Waals surface area contributed by atoms with Gasteiger partial charge in [0.05, 0.1) is 6.04 Å². The largest absolute Gasteiger partial charge is 0.480 e. The van der Waals surface area contributed by atoms with Gasteiger partial charge in [0.2, 0.25) is 0 Å². The Kier molecular flexibility index (Phi) is 6.53. The van der Waals surface area contributed by atoms with Gasteiger partial charge in [-0.2, -0.15) is 0 Å². The van der Waals surface area contributed by atoms with Gasteiger partial charge in [0, 0.05) is 0 Å². The van der Waals surface area contributed by atoms with E-state index in [2.05, 4.69) is 79.4 Å². The third kappa shape index (κ3) is 4.72. The number of piperidine rings is 1. The molecule has 3 nitrogen and oxygen atoms in total. The number of hydrogen-bond donors (Lipinski definition) is 1. The van der Waals surface area contributed by atoms with Crippen LogP contribution in [0.15, 0.2) is 78.9 Å². The van der Waals surface area contributed by atoms with Crippen molar-refractivity contribution in [2.45, 2.75) is 51.1 Å². The van der Waals surface area contributed by atoms with Crippen LogP contribution in [0.3, 0.4) is 0 Å². The molecule has 0 spiro atoms. The van der Waals surface area contributed by atoms with Gasteiger partial charge in [-0.05, 0) is 53.1 Å². The first-order valence-electron chi connectivity index (χ1n) is 11.3. The number of benzene rings is 3. The molecule has 31 heavy (non-hydrogen) atoms. The molecule has 2 atom stereocenters. The lowest BCUT2D eigenvalue weighted by Crippen LogP contribution is -2.46. The van der Waals surface area contributed by atoms with Crippen molar-refractivity contribution in [3.8, 4) is 11.1 Å². The summed E-state index contributed by atoms with van der Waals surface area (Å²) in [7, 11) is 0. The molecule has 2 unspecified atom stereocenters. The van der Waals surface area contributed by atoms with Gasteiger partial charge < -0.3 is 5.11 Å². The topological polar surface area (TPSA) is 40.5 Å². The predicted octanol–water partition coefficient (Wildman–Crippen LogP) is 6.51. The van der Waals surface area contributed by atoms with Gasteiger partial charge in [-0.3, -0.25) is 9.69 Å². The first kappa shape index (κ1) is 21.3. The number of aliphatic carboxylic acids is 1. The minimum atomic E-state index is -0.718. The number of carboxylic acid groups (broad SMARTS) is 1. The van der Waals surface area contributed by atoms with Gasteiger partial charge in [0.15, 0.2) is 0 Å². The average molecular weight is 414 g/mol. The van der Waals surface area contributed by atoms with Crippen LogP contribution in [0.1, 0.15) is 61.8 Å². The average Bonchev–Trinajstić information content (AvgIpc) is 2.81. The highest BCUT2D eigenvalue weighted by Crippen LogP contribution is 2.35. The molecule has 0 aromatic heterocycles. The minimum absolute atomic E-state index is 0.0626. The van der Waals surface area contributed by atoms with E-state index >= 15 is 0 Å². The zero-order valence-electron chi connectivity index (χ0n) is 18.4. The zero-order chi connectivity index (χ0) is 21.8. The van der Waals surface area contributed by atoms with E-state index in [1.165, 1.54) is 16.7 Å². The maximum atomic E-state index is 12.1. The molecule has 0 saturated carbocycles. The van der Waals surface area contributed by atoms with Crippen molar-refractivity contribution in [3.63, 3.8) is 0 Å². The molecule has 4 rings (SSSR count). The molecule has 1 fully saturated rings. The van der Waals surface area contributed by atoms with Crippen molar-refractivity contribution >= 4 is 5.97 Å². The van der Waals surface area contributed by atoms with E-state index < -0.39 is 12.0 Å². The lowest BCUT2D eigenvalue weighted by atomic mass is 9.89. The van der Waals surface area contributed by atoms with Crippen LogP contribution in [-0.4, -0.2) is 28.6 Å². The van der Waals surface area contributed by atoms with E-state index in [-0.39, 0.29) is 6.04 Å². The first-order chi connectivity index (χ1) is 15.0. The molecule has 3 heteroatoms. The van der Waals surface area contributed by atoms with Crippen LogP contribution in [0.5, 0.6) is 0 Å². The van der Waals surface area contributed by atoms with Crippen molar-refractivity contribution in [1.82, 2.24) is 4.90 Å². The highest BCUT2D eigenvalue weighted by molar-refractivity contribution is 5.74. The summed E-state index contributed by atoms with van der Waals surface area (Å²) in [6.45, 7) is 5.19. The Labute approximate surface area is 185 Å². The molecular formula is C28H31NO2. The fourth-order valence-electron chi connectivity index (χ4n) is 4.66. The highest BCUT2D eigenvalue weighted by atomic mass is 16.4. The second kappa shape index (κ2) is 9.49. The van der Waals surface area contributed by atoms with Gasteiger partial charge >= 0.3 is 5.97 Å². The molecule has 160 valence electrons. The first-order valence-corrected chi connectivity index (χ1v) is 11.3. The maximum absolute atomic E-state index is 12.1. The lowest BCUT2D eigenvalue weighted by molar-refractivity contribution is -0.145. The SMILES string of the molecule is CC(C)c1ccc(C(c2ccc(-c3ccccc3)cc2)N2CCCCC2C(=O)O)cc1. The normalized spacial score (nSPS) is 18.1. The number of rotatable bonds is 6. The van der Waals surface area contributed by atoms with Crippen molar-refractivity contribution < 1.29 is 9.90 Å². The van der Waals surface area contributed by atoms with Gasteiger partial charge in [0.1, 0.15) is 6.04 Å². The molecule has 1 N–H and O–H groups in total. The molecule has 3 aromatic carbocycles. The summed E-state index contributed by atoms with van der Waals surface area (Å²) in [6.07, 6.45) is 2.71. The molecule has 0 aliphatic carbocycles. The summed E-state index contributed by atoms with van der Waals surface area (Å²) in [6, 6.07) is 27.2. The van der Waals surface area contributed by atoms with Crippen molar-refractivity contribution in [2.24, 2.45) is 0 Å². The monoisotopic (exact) mass is 413 g/mol. The second-order valence-electron chi connectivity index (χ2n) is 8.80. The van der Waals surface area contributed by atoms with Crippen LogP contribution in [0.2, 0.25) is 0 Å². The Morgan fingerprint density at radius 3 is 1.94 bits per heavy atom. The Morgan fingerprint density at radius 1 is 0.806 bits per heavy atom. The fraction of sp³-hybridized carbons (Fsp3) is 0.321. The van der Waals surface area contributed by atoms with Crippen LogP contribution in [0.25, 0.3) is 11.1 Å². The number of hydrogen-bond acceptors (Lipinski definition) is 2. The molecule has 1 aliphatic rings. The van der Waals surface area contributed by atoms with Crippen LogP contribution < -0.4 is 0 Å². The van der Waals surface area contributed by atoms with Crippen LogP contribution in [-0.2, 0) is 4.79 Å². The summed E-state index contributed by atoms with van der Waals surface area (Å²) >= 11 is 0. The number of carboxylic acids is 1. The van der Waals surface area contributed by atoms with Gasteiger partial charge in [-0.25, -0.2) is 0 Å². The standard InChI is InChI=1S/C28H31NO2/c1-20(2)21-11-15-24(16-12-21)27(29-19-7-6-10-26(29)28(30)31)25-17-13-23(14-18-25)22-8-4-3-5-9-22/h3-5,8-9,11-18,20,26-27H,6-7,10,19H2,1-2H3,(H,30,31). The van der Waals surface area contributed by atoms with Crippen LogP contribution in [0.4, 0.5) is 0 Å². The molecular weight excluding hydrogens is 382 g/mol. The molecule has 0 radical (unpaired) electrons. The number of carbonyl (C=O) groups is 1. The summed E-state index contributed by atoms with van der Waals surface area (Å²) in [5, 5.41) is 9.92. The van der Waals surface area contributed by atoms with Crippen LogP contribution >= 0.6 is 0 Å². The van der Waals surface area contributed by atoms with Crippen molar-refractivity contribution in [1.29, 1.82) is 0 Å². The maximum Gasteiger partial charge on any atom is 0.320 e. The van der Waals surface area contributed by atoms with Crippen molar-refractivity contribution in [3.05, 3.63) is 95.6 Å². The number of likely N-dealkylation sites (tertiary alicyclic amines) is 1. The lowest BCUT2D eigenvalue weighted by Gasteiger charge is -2.39. The summed E-state index contributed by atoms with van der Waals surface area (Å²) < 4.78 is 0. The van der Waals surface area contributed by atoms with Gasteiger partial charge in [-0.1, -0.05) is 99.1 Å². The van der Waals surface area contributed by atoms with Crippen molar-refractivity contribution in [2.75, 3.05) is 6.54 Å². The van der Waals surface area contributed by atoms with E-state index in [1.807, 2.05) is 18.2 Å². The molecule has 0 amide bonds. The van der Waals surface area contributed by atoms with Gasteiger partial charge in [0.25, 0.3) is 0 Å². The molecule has 0 bridgehead atoms. The van der Waals surface area contributed by atoms with E-state index in [1.54, 1.807) is 0 Å². The molecule has 1 aliphatic heterocycles. The van der Waals surface area contributed by atoms with E-state index in [0.717, 1.165) is 30.5 Å². The zero-order valence-corrected chi connectivity index (χ0v) is 18.4. The smallest absolute Gasteiger partial charge is 0.320 e. The van der Waals surface area contributed by atoms with E-state index in [9.17, 15) is 9.90 Å². The van der Waals surface area contributed by atoms with Crippen LogP contribution in [0, 0.1) is 0 Å². The van der Waals surface area contributed by atoms with E-state index in [4.69, 9.17) is 0 Å². The molecule has 3 aromatic rings. The van der Waals surface area contributed by atoms with E-state index in [0.29, 0.717) is 12.3 Å².